The van der Waals surface area contributed by atoms with Gasteiger partial charge in [-0.05, 0) is 37.1 Å². The smallest absolute Gasteiger partial charge is 0.234 e. The molecule has 0 spiro atoms. The molecule has 2 aromatic rings. The van der Waals surface area contributed by atoms with Crippen LogP contribution in [0, 0.1) is 6.92 Å². The van der Waals surface area contributed by atoms with Crippen molar-refractivity contribution in [2.75, 3.05) is 0 Å². The number of imide groups is 1. The van der Waals surface area contributed by atoms with Crippen LogP contribution in [-0.2, 0) is 9.59 Å². The van der Waals surface area contributed by atoms with Crippen LogP contribution in [-0.4, -0.2) is 16.8 Å². The third-order valence-corrected chi connectivity index (χ3v) is 4.12. The summed E-state index contributed by atoms with van der Waals surface area (Å²) >= 11 is 3.43. The Labute approximate surface area is 124 Å². The Morgan fingerprint density at radius 3 is 2.85 bits per heavy atom. The highest BCUT2D eigenvalue weighted by atomic mass is 79.9. The molecule has 1 saturated heterocycles. The summed E-state index contributed by atoms with van der Waals surface area (Å²) in [7, 11) is 0. The molecule has 4 nitrogen and oxygen atoms in total. The summed E-state index contributed by atoms with van der Waals surface area (Å²) < 4.78 is 0.977. The fourth-order valence-electron chi connectivity index (χ4n) is 2.60. The van der Waals surface area contributed by atoms with Crippen LogP contribution >= 0.6 is 15.9 Å². The number of carbonyl (C=O) groups excluding carboxylic acids is 2. The van der Waals surface area contributed by atoms with Crippen molar-refractivity contribution in [2.45, 2.75) is 25.7 Å². The van der Waals surface area contributed by atoms with Gasteiger partial charge < -0.3 is 0 Å². The molecule has 1 aromatic carbocycles. The van der Waals surface area contributed by atoms with Gasteiger partial charge in [-0.3, -0.25) is 19.9 Å². The van der Waals surface area contributed by atoms with E-state index in [1.165, 1.54) is 0 Å². The lowest BCUT2D eigenvalue weighted by atomic mass is 9.89. The third-order valence-electron chi connectivity index (χ3n) is 3.62. The van der Waals surface area contributed by atoms with E-state index in [9.17, 15) is 9.59 Å². The van der Waals surface area contributed by atoms with E-state index in [1.807, 2.05) is 31.2 Å². The van der Waals surface area contributed by atoms with Gasteiger partial charge in [-0.1, -0.05) is 22.0 Å². The van der Waals surface area contributed by atoms with Gasteiger partial charge in [0.25, 0.3) is 0 Å². The summed E-state index contributed by atoms with van der Waals surface area (Å²) in [6, 6.07) is 7.88. The molecule has 2 amide bonds. The maximum absolute atomic E-state index is 12.0. The van der Waals surface area contributed by atoms with Crippen molar-refractivity contribution in [3.8, 4) is 0 Å². The van der Waals surface area contributed by atoms with E-state index in [-0.39, 0.29) is 17.7 Å². The largest absolute Gasteiger partial charge is 0.296 e. The highest BCUT2D eigenvalue weighted by molar-refractivity contribution is 9.10. The minimum absolute atomic E-state index is 0.193. The van der Waals surface area contributed by atoms with Gasteiger partial charge in [-0.15, -0.1) is 0 Å². The van der Waals surface area contributed by atoms with E-state index in [4.69, 9.17) is 0 Å². The molecular formula is C15H13BrN2O2. The summed E-state index contributed by atoms with van der Waals surface area (Å²) in [4.78, 5) is 27.8. The van der Waals surface area contributed by atoms with E-state index in [1.54, 1.807) is 0 Å². The Balaban J connectivity index is 2.07. The maximum Gasteiger partial charge on any atom is 0.234 e. The minimum atomic E-state index is -0.284. The quantitative estimate of drug-likeness (QED) is 0.817. The van der Waals surface area contributed by atoms with Crippen LogP contribution in [0.3, 0.4) is 0 Å². The Kier molecular flexibility index (Phi) is 3.30. The number of nitrogens with zero attached hydrogens (tertiary/aromatic N) is 1. The van der Waals surface area contributed by atoms with E-state index in [0.717, 1.165) is 26.6 Å². The zero-order valence-electron chi connectivity index (χ0n) is 10.9. The van der Waals surface area contributed by atoms with E-state index in [0.29, 0.717) is 12.8 Å². The topological polar surface area (TPSA) is 59.1 Å². The Morgan fingerprint density at radius 1 is 1.30 bits per heavy atom. The van der Waals surface area contributed by atoms with Crippen molar-refractivity contribution in [3.05, 3.63) is 40.0 Å². The number of piperidine rings is 1. The normalized spacial score (nSPS) is 19.2. The zero-order chi connectivity index (χ0) is 14.3. The molecule has 2 heterocycles. The lowest BCUT2D eigenvalue weighted by Crippen LogP contribution is -2.39. The first-order valence-corrected chi connectivity index (χ1v) is 7.24. The molecule has 0 radical (unpaired) electrons. The number of amides is 2. The Hall–Kier alpha value is -1.75. The lowest BCUT2D eigenvalue weighted by molar-refractivity contribution is -0.134. The summed E-state index contributed by atoms with van der Waals surface area (Å²) in [6.07, 6.45) is 0.934. The second-order valence-electron chi connectivity index (χ2n) is 5.00. The SMILES string of the molecule is Cc1nc2cc(Br)ccc2cc1C1CCC(=O)NC1=O. The monoisotopic (exact) mass is 332 g/mol. The second kappa shape index (κ2) is 4.98. The van der Waals surface area contributed by atoms with Gasteiger partial charge in [0.05, 0.1) is 11.4 Å². The molecular weight excluding hydrogens is 320 g/mol. The average Bonchev–Trinajstić information content (AvgIpc) is 2.38. The number of aromatic nitrogens is 1. The molecule has 0 bridgehead atoms. The van der Waals surface area contributed by atoms with Crippen LogP contribution in [0.25, 0.3) is 10.9 Å². The molecule has 20 heavy (non-hydrogen) atoms. The predicted octanol–water partition coefficient (Wildman–Crippen LogP) is 2.83. The van der Waals surface area contributed by atoms with Gasteiger partial charge in [0.1, 0.15) is 0 Å². The molecule has 1 aliphatic heterocycles. The standard InChI is InChI=1S/C15H13BrN2O2/c1-8-12(11-4-5-14(19)18-15(11)20)6-9-2-3-10(16)7-13(9)17-8/h2-3,6-7,11H,4-5H2,1H3,(H,18,19,20). The Bertz CT molecular complexity index is 727. The first-order chi connectivity index (χ1) is 9.54. The third kappa shape index (κ3) is 2.33. The lowest BCUT2D eigenvalue weighted by Gasteiger charge is -2.22. The van der Waals surface area contributed by atoms with E-state index >= 15 is 0 Å². The van der Waals surface area contributed by atoms with Gasteiger partial charge in [-0.2, -0.15) is 0 Å². The van der Waals surface area contributed by atoms with Crippen molar-refractivity contribution < 1.29 is 9.59 Å². The molecule has 1 fully saturated rings. The summed E-state index contributed by atoms with van der Waals surface area (Å²) in [6.45, 7) is 1.90. The van der Waals surface area contributed by atoms with Crippen LogP contribution < -0.4 is 5.32 Å². The number of carbonyl (C=O) groups is 2. The van der Waals surface area contributed by atoms with Crippen LogP contribution in [0.2, 0.25) is 0 Å². The molecule has 5 heteroatoms. The minimum Gasteiger partial charge on any atom is -0.296 e. The van der Waals surface area contributed by atoms with Gasteiger partial charge >= 0.3 is 0 Å². The molecule has 3 rings (SSSR count). The number of fused-ring (bicyclic) bond motifs is 1. The van der Waals surface area contributed by atoms with Crippen LogP contribution in [0.1, 0.15) is 30.0 Å². The summed E-state index contributed by atoms with van der Waals surface area (Å²) in [5.41, 5.74) is 2.64. The van der Waals surface area contributed by atoms with Crippen molar-refractivity contribution in [2.24, 2.45) is 0 Å². The number of rotatable bonds is 1. The van der Waals surface area contributed by atoms with Crippen molar-refractivity contribution in [1.29, 1.82) is 0 Å². The molecule has 1 unspecified atom stereocenters. The molecule has 1 N–H and O–H groups in total. The first-order valence-electron chi connectivity index (χ1n) is 6.45. The maximum atomic E-state index is 12.0. The number of nitrogens with one attached hydrogen (secondary N) is 1. The molecule has 1 aliphatic rings. The van der Waals surface area contributed by atoms with Gasteiger partial charge in [-0.25, -0.2) is 0 Å². The number of aryl methyl sites for hydroxylation is 1. The summed E-state index contributed by atoms with van der Waals surface area (Å²) in [5.74, 6) is -0.697. The fraction of sp³-hybridized carbons (Fsp3) is 0.267. The molecule has 102 valence electrons. The molecule has 1 atom stereocenters. The predicted molar refractivity (Wildman–Crippen MR) is 79.3 cm³/mol. The van der Waals surface area contributed by atoms with E-state index in [2.05, 4.69) is 26.2 Å². The summed E-state index contributed by atoms with van der Waals surface area (Å²) in [5, 5.41) is 3.40. The van der Waals surface area contributed by atoms with Crippen LogP contribution in [0.15, 0.2) is 28.7 Å². The van der Waals surface area contributed by atoms with E-state index < -0.39 is 0 Å². The second-order valence-corrected chi connectivity index (χ2v) is 5.92. The van der Waals surface area contributed by atoms with Crippen molar-refractivity contribution >= 4 is 38.6 Å². The fourth-order valence-corrected chi connectivity index (χ4v) is 2.94. The number of hydrogen-bond donors (Lipinski definition) is 1. The van der Waals surface area contributed by atoms with Gasteiger partial charge in [0.15, 0.2) is 0 Å². The highest BCUT2D eigenvalue weighted by Gasteiger charge is 2.29. The molecule has 1 aromatic heterocycles. The zero-order valence-corrected chi connectivity index (χ0v) is 12.5. The van der Waals surface area contributed by atoms with Gasteiger partial charge in [0, 0.05) is 22.0 Å². The molecule has 0 saturated carbocycles. The van der Waals surface area contributed by atoms with Crippen LogP contribution in [0.5, 0.6) is 0 Å². The number of pyridine rings is 1. The average molecular weight is 333 g/mol. The molecule has 0 aliphatic carbocycles. The van der Waals surface area contributed by atoms with Gasteiger partial charge in [0.2, 0.25) is 11.8 Å². The van der Waals surface area contributed by atoms with Crippen molar-refractivity contribution in [3.63, 3.8) is 0 Å². The Morgan fingerprint density at radius 2 is 2.10 bits per heavy atom. The number of hydrogen-bond acceptors (Lipinski definition) is 3. The number of halogens is 1. The first kappa shape index (κ1) is 13.2. The number of benzene rings is 1. The highest BCUT2D eigenvalue weighted by Crippen LogP contribution is 2.29. The van der Waals surface area contributed by atoms with Crippen LogP contribution in [0.4, 0.5) is 0 Å². The van der Waals surface area contributed by atoms with Crippen molar-refractivity contribution in [1.82, 2.24) is 10.3 Å².